The fourth-order valence-corrected chi connectivity index (χ4v) is 3.10. The number of anilines is 1. The summed E-state index contributed by atoms with van der Waals surface area (Å²) in [6, 6.07) is 8.46. The van der Waals surface area contributed by atoms with Gasteiger partial charge in [-0.2, -0.15) is 0 Å². The molecule has 0 amide bonds. The summed E-state index contributed by atoms with van der Waals surface area (Å²) >= 11 is 0. The highest BCUT2D eigenvalue weighted by atomic mass is 15.1. The van der Waals surface area contributed by atoms with Crippen LogP contribution >= 0.6 is 0 Å². The molecule has 2 unspecified atom stereocenters. The number of rotatable bonds is 1. The maximum atomic E-state index is 6.65. The first-order valence-corrected chi connectivity index (χ1v) is 6.01. The van der Waals surface area contributed by atoms with E-state index < -0.39 is 0 Å². The van der Waals surface area contributed by atoms with Crippen LogP contribution in [0, 0.1) is 5.92 Å². The van der Waals surface area contributed by atoms with Crippen molar-refractivity contribution >= 4 is 5.69 Å². The van der Waals surface area contributed by atoms with Gasteiger partial charge in [-0.3, -0.25) is 0 Å². The quantitative estimate of drug-likeness (QED) is 0.743. The van der Waals surface area contributed by atoms with Gasteiger partial charge in [-0.25, -0.2) is 0 Å². The van der Waals surface area contributed by atoms with E-state index in [4.69, 9.17) is 5.73 Å². The molecule has 2 aliphatic heterocycles. The number of fused-ring (bicyclic) bond motifs is 1. The molecule has 2 atom stereocenters. The average molecular weight is 217 g/mol. The minimum atomic E-state index is -0.165. The number of benzene rings is 1. The smallest absolute Gasteiger partial charge is 0.0646 e. The van der Waals surface area contributed by atoms with Crippen molar-refractivity contribution in [3.05, 3.63) is 29.8 Å². The molecule has 1 fully saturated rings. The zero-order valence-corrected chi connectivity index (χ0v) is 9.74. The standard InChI is InChI=1S/C13H19N3/c1-16-7-6-10(8-16)13(14)9-15-12-5-3-2-4-11(12)13/h2-5,10,15H,6-9,14H2,1H3. The van der Waals surface area contributed by atoms with Gasteiger partial charge in [-0.05, 0) is 37.6 Å². The lowest BCUT2D eigenvalue weighted by Crippen LogP contribution is -2.46. The molecular formula is C13H19N3. The Kier molecular flexibility index (Phi) is 2.19. The molecule has 86 valence electrons. The summed E-state index contributed by atoms with van der Waals surface area (Å²) in [4.78, 5) is 2.38. The van der Waals surface area contributed by atoms with E-state index in [1.54, 1.807) is 0 Å². The third-order valence-corrected chi connectivity index (χ3v) is 4.12. The Labute approximate surface area is 96.6 Å². The Balaban J connectivity index is 1.95. The molecule has 3 heteroatoms. The molecular weight excluding hydrogens is 198 g/mol. The molecule has 3 rings (SSSR count). The van der Waals surface area contributed by atoms with Crippen LogP contribution in [0.1, 0.15) is 12.0 Å². The van der Waals surface area contributed by atoms with Crippen molar-refractivity contribution in [2.24, 2.45) is 11.7 Å². The van der Waals surface area contributed by atoms with Gasteiger partial charge in [0.2, 0.25) is 0 Å². The van der Waals surface area contributed by atoms with Gasteiger partial charge in [0.05, 0.1) is 5.54 Å². The third-order valence-electron chi connectivity index (χ3n) is 4.12. The Morgan fingerprint density at radius 2 is 2.25 bits per heavy atom. The first-order valence-electron chi connectivity index (χ1n) is 6.01. The van der Waals surface area contributed by atoms with Crippen LogP contribution in [0.4, 0.5) is 5.69 Å². The predicted molar refractivity (Wildman–Crippen MR) is 66.4 cm³/mol. The molecule has 3 nitrogen and oxygen atoms in total. The number of nitrogens with two attached hydrogens (primary N) is 1. The van der Waals surface area contributed by atoms with Crippen molar-refractivity contribution < 1.29 is 0 Å². The Morgan fingerprint density at radius 3 is 3.00 bits per heavy atom. The summed E-state index contributed by atoms with van der Waals surface area (Å²) in [5.41, 5.74) is 9.01. The van der Waals surface area contributed by atoms with Crippen LogP contribution in [0.3, 0.4) is 0 Å². The van der Waals surface area contributed by atoms with E-state index in [1.807, 2.05) is 0 Å². The maximum absolute atomic E-state index is 6.65. The van der Waals surface area contributed by atoms with Crippen LogP contribution < -0.4 is 11.1 Å². The van der Waals surface area contributed by atoms with Gasteiger partial charge < -0.3 is 16.0 Å². The fraction of sp³-hybridized carbons (Fsp3) is 0.538. The lowest BCUT2D eigenvalue weighted by Gasteiger charge is -2.31. The predicted octanol–water partition coefficient (Wildman–Crippen LogP) is 1.22. The van der Waals surface area contributed by atoms with Crippen LogP contribution in [0.25, 0.3) is 0 Å². The highest BCUT2D eigenvalue weighted by molar-refractivity contribution is 5.60. The highest BCUT2D eigenvalue weighted by Crippen LogP contribution is 2.41. The normalized spacial score (nSPS) is 33.8. The molecule has 1 saturated heterocycles. The van der Waals surface area contributed by atoms with Crippen molar-refractivity contribution in [3.8, 4) is 0 Å². The van der Waals surface area contributed by atoms with Crippen LogP contribution in [0.5, 0.6) is 0 Å². The minimum absolute atomic E-state index is 0.165. The number of nitrogens with one attached hydrogen (secondary N) is 1. The van der Waals surface area contributed by atoms with Crippen molar-refractivity contribution in [2.75, 3.05) is 32.0 Å². The molecule has 16 heavy (non-hydrogen) atoms. The topological polar surface area (TPSA) is 41.3 Å². The third kappa shape index (κ3) is 1.35. The van der Waals surface area contributed by atoms with Crippen molar-refractivity contribution in [1.29, 1.82) is 0 Å². The van der Waals surface area contributed by atoms with Crippen molar-refractivity contribution in [2.45, 2.75) is 12.0 Å². The van der Waals surface area contributed by atoms with Gasteiger partial charge in [-0.15, -0.1) is 0 Å². The van der Waals surface area contributed by atoms with E-state index >= 15 is 0 Å². The molecule has 3 N–H and O–H groups in total. The molecule has 0 radical (unpaired) electrons. The zero-order chi connectivity index (χ0) is 11.2. The number of likely N-dealkylation sites (tertiary alicyclic amines) is 1. The first kappa shape index (κ1) is 10.1. The van der Waals surface area contributed by atoms with E-state index in [0.717, 1.165) is 13.1 Å². The van der Waals surface area contributed by atoms with Gasteiger partial charge in [0, 0.05) is 18.8 Å². The molecule has 2 aliphatic rings. The van der Waals surface area contributed by atoms with Gasteiger partial charge in [-0.1, -0.05) is 18.2 Å². The SMILES string of the molecule is CN1CCC(C2(N)CNc3ccccc32)C1. The molecule has 0 spiro atoms. The van der Waals surface area contributed by atoms with Gasteiger partial charge in [0.25, 0.3) is 0 Å². The Hall–Kier alpha value is -1.06. The van der Waals surface area contributed by atoms with Crippen LogP contribution in [0.2, 0.25) is 0 Å². The Bertz CT molecular complexity index is 404. The van der Waals surface area contributed by atoms with Crippen LogP contribution in [-0.2, 0) is 5.54 Å². The fourth-order valence-electron chi connectivity index (χ4n) is 3.10. The van der Waals surface area contributed by atoms with Gasteiger partial charge in [0.1, 0.15) is 0 Å². The highest BCUT2D eigenvalue weighted by Gasteiger charge is 2.43. The summed E-state index contributed by atoms with van der Waals surface area (Å²) in [5, 5.41) is 3.44. The minimum Gasteiger partial charge on any atom is -0.383 e. The number of nitrogens with zero attached hydrogens (tertiary/aromatic N) is 1. The lowest BCUT2D eigenvalue weighted by atomic mass is 9.80. The molecule has 0 aliphatic carbocycles. The van der Waals surface area contributed by atoms with Crippen LogP contribution in [0.15, 0.2) is 24.3 Å². The molecule has 0 bridgehead atoms. The zero-order valence-electron chi connectivity index (χ0n) is 9.74. The van der Waals surface area contributed by atoms with Gasteiger partial charge in [0.15, 0.2) is 0 Å². The molecule has 0 aromatic heterocycles. The summed E-state index contributed by atoms with van der Waals surface area (Å²) in [6.07, 6.45) is 1.21. The van der Waals surface area contributed by atoms with Crippen molar-refractivity contribution in [3.63, 3.8) is 0 Å². The molecule has 0 saturated carbocycles. The molecule has 1 aromatic rings. The number of hydrogen-bond acceptors (Lipinski definition) is 3. The van der Waals surface area contributed by atoms with Gasteiger partial charge >= 0.3 is 0 Å². The average Bonchev–Trinajstić information content (AvgIpc) is 2.86. The Morgan fingerprint density at radius 1 is 1.44 bits per heavy atom. The number of hydrogen-bond donors (Lipinski definition) is 2. The summed E-state index contributed by atoms with van der Waals surface area (Å²) in [5.74, 6) is 0.577. The largest absolute Gasteiger partial charge is 0.383 e. The lowest BCUT2D eigenvalue weighted by molar-refractivity contribution is 0.293. The summed E-state index contributed by atoms with van der Waals surface area (Å²) < 4.78 is 0. The van der Waals surface area contributed by atoms with E-state index in [0.29, 0.717) is 5.92 Å². The maximum Gasteiger partial charge on any atom is 0.0646 e. The molecule has 2 heterocycles. The summed E-state index contributed by atoms with van der Waals surface area (Å²) in [7, 11) is 2.18. The second-order valence-electron chi connectivity index (χ2n) is 5.19. The second kappa shape index (κ2) is 3.47. The van der Waals surface area contributed by atoms with E-state index in [1.165, 1.54) is 24.2 Å². The van der Waals surface area contributed by atoms with Crippen LogP contribution in [-0.4, -0.2) is 31.6 Å². The van der Waals surface area contributed by atoms with E-state index in [9.17, 15) is 0 Å². The molecule has 1 aromatic carbocycles. The monoisotopic (exact) mass is 217 g/mol. The number of para-hydroxylation sites is 1. The van der Waals surface area contributed by atoms with Crippen molar-refractivity contribution in [1.82, 2.24) is 4.90 Å². The van der Waals surface area contributed by atoms with E-state index in [2.05, 4.69) is 41.5 Å². The second-order valence-corrected chi connectivity index (χ2v) is 5.19. The first-order chi connectivity index (χ1) is 7.70. The van der Waals surface area contributed by atoms with E-state index in [-0.39, 0.29) is 5.54 Å². The summed E-state index contributed by atoms with van der Waals surface area (Å²) in [6.45, 7) is 3.17.